The molecule has 4 nitrogen and oxygen atoms in total. The van der Waals surface area contributed by atoms with Crippen molar-refractivity contribution in [3.63, 3.8) is 0 Å². The Bertz CT molecular complexity index is 347. The Hall–Kier alpha value is -1.42. The molecule has 1 aromatic carbocycles. The molecule has 0 aliphatic heterocycles. The first-order chi connectivity index (χ1) is 7.63. The summed E-state index contributed by atoms with van der Waals surface area (Å²) in [6.07, 6.45) is 0.00584. The molecule has 1 aromatic rings. The zero-order valence-corrected chi connectivity index (χ0v) is 10.1. The fourth-order valence-corrected chi connectivity index (χ4v) is 1.43. The van der Waals surface area contributed by atoms with Crippen LogP contribution < -0.4 is 14.2 Å². The van der Waals surface area contributed by atoms with Crippen molar-refractivity contribution in [3.05, 3.63) is 17.7 Å². The normalized spacial score (nSPS) is 10.4. The Kier molecular flexibility index (Phi) is 4.43. The molecule has 16 heavy (non-hydrogen) atoms. The fourth-order valence-electron chi connectivity index (χ4n) is 1.43. The van der Waals surface area contributed by atoms with E-state index in [-0.39, 0.29) is 12.7 Å². The van der Waals surface area contributed by atoms with Crippen LogP contribution >= 0.6 is 0 Å². The number of aliphatic hydroxyl groups is 1. The minimum atomic E-state index is -0.0948. The van der Waals surface area contributed by atoms with Gasteiger partial charge in [-0.2, -0.15) is 0 Å². The summed E-state index contributed by atoms with van der Waals surface area (Å²) in [6, 6.07) is 3.51. The van der Waals surface area contributed by atoms with Crippen LogP contribution in [0.4, 0.5) is 0 Å². The highest BCUT2D eigenvalue weighted by molar-refractivity contribution is 5.55. The Morgan fingerprint density at radius 3 is 2.25 bits per heavy atom. The molecule has 0 radical (unpaired) electrons. The number of methoxy groups -OCH3 is 2. The van der Waals surface area contributed by atoms with Crippen molar-refractivity contribution in [1.82, 2.24) is 0 Å². The second kappa shape index (κ2) is 5.61. The first-order valence-electron chi connectivity index (χ1n) is 5.15. The van der Waals surface area contributed by atoms with E-state index >= 15 is 0 Å². The molecule has 0 heterocycles. The Balaban J connectivity index is 3.25. The molecular formula is C12H18O4. The molecular weight excluding hydrogens is 208 g/mol. The highest BCUT2D eigenvalue weighted by Gasteiger charge is 2.16. The summed E-state index contributed by atoms with van der Waals surface area (Å²) >= 11 is 0. The lowest BCUT2D eigenvalue weighted by Gasteiger charge is -2.18. The van der Waals surface area contributed by atoms with Gasteiger partial charge < -0.3 is 19.3 Å². The predicted octanol–water partition coefficient (Wildman–Crippen LogP) is 1.98. The third-order valence-electron chi connectivity index (χ3n) is 2.11. The van der Waals surface area contributed by atoms with Gasteiger partial charge in [0.1, 0.15) is 0 Å². The minimum Gasteiger partial charge on any atom is -0.493 e. The Morgan fingerprint density at radius 2 is 1.81 bits per heavy atom. The number of ether oxygens (including phenoxy) is 3. The van der Waals surface area contributed by atoms with Gasteiger partial charge in [0.25, 0.3) is 0 Å². The number of hydrogen-bond acceptors (Lipinski definition) is 4. The standard InChI is InChI=1S/C12H18O4/c1-8(2)16-11-9(7-13)5-6-10(14-3)12(11)15-4/h5-6,8,13H,7H2,1-4H3. The van der Waals surface area contributed by atoms with E-state index in [2.05, 4.69) is 0 Å². The van der Waals surface area contributed by atoms with E-state index in [0.29, 0.717) is 22.8 Å². The van der Waals surface area contributed by atoms with Crippen LogP contribution in [0.2, 0.25) is 0 Å². The van der Waals surface area contributed by atoms with Crippen LogP contribution in [-0.2, 0) is 6.61 Å². The monoisotopic (exact) mass is 226 g/mol. The molecule has 0 aromatic heterocycles. The van der Waals surface area contributed by atoms with Crippen LogP contribution in [0, 0.1) is 0 Å². The van der Waals surface area contributed by atoms with Crippen LogP contribution in [0.25, 0.3) is 0 Å². The smallest absolute Gasteiger partial charge is 0.203 e. The Morgan fingerprint density at radius 1 is 1.12 bits per heavy atom. The third-order valence-corrected chi connectivity index (χ3v) is 2.11. The summed E-state index contributed by atoms with van der Waals surface area (Å²) in [6.45, 7) is 3.74. The predicted molar refractivity (Wildman–Crippen MR) is 61.2 cm³/mol. The van der Waals surface area contributed by atoms with Gasteiger partial charge in [-0.05, 0) is 26.0 Å². The lowest BCUT2D eigenvalue weighted by atomic mass is 10.1. The lowest BCUT2D eigenvalue weighted by Crippen LogP contribution is -2.09. The first-order valence-corrected chi connectivity index (χ1v) is 5.15. The van der Waals surface area contributed by atoms with Gasteiger partial charge >= 0.3 is 0 Å². The van der Waals surface area contributed by atoms with Crippen LogP contribution in [0.3, 0.4) is 0 Å². The zero-order valence-electron chi connectivity index (χ0n) is 10.1. The average Bonchev–Trinajstić information content (AvgIpc) is 2.27. The molecule has 4 heteroatoms. The van der Waals surface area contributed by atoms with E-state index in [1.54, 1.807) is 26.4 Å². The largest absolute Gasteiger partial charge is 0.493 e. The minimum absolute atomic E-state index is 0.00584. The number of aliphatic hydroxyl groups excluding tert-OH is 1. The lowest BCUT2D eigenvalue weighted by molar-refractivity contribution is 0.212. The molecule has 90 valence electrons. The van der Waals surface area contributed by atoms with E-state index in [4.69, 9.17) is 14.2 Å². The maximum atomic E-state index is 9.24. The second-order valence-electron chi connectivity index (χ2n) is 3.61. The number of hydrogen-bond donors (Lipinski definition) is 1. The summed E-state index contributed by atoms with van der Waals surface area (Å²) < 4.78 is 16.1. The van der Waals surface area contributed by atoms with Crippen molar-refractivity contribution in [3.8, 4) is 17.2 Å². The Labute approximate surface area is 95.8 Å². The van der Waals surface area contributed by atoms with Crippen LogP contribution in [0.15, 0.2) is 12.1 Å². The van der Waals surface area contributed by atoms with Crippen LogP contribution in [0.5, 0.6) is 17.2 Å². The summed E-state index contributed by atoms with van der Waals surface area (Å²) in [5.41, 5.74) is 0.686. The van der Waals surface area contributed by atoms with Crippen molar-refractivity contribution in [2.24, 2.45) is 0 Å². The van der Waals surface area contributed by atoms with Gasteiger partial charge in [0, 0.05) is 5.56 Å². The van der Waals surface area contributed by atoms with Gasteiger partial charge in [0.2, 0.25) is 5.75 Å². The van der Waals surface area contributed by atoms with E-state index in [0.717, 1.165) is 0 Å². The highest BCUT2D eigenvalue weighted by atomic mass is 16.5. The van der Waals surface area contributed by atoms with E-state index in [1.807, 2.05) is 13.8 Å². The highest BCUT2D eigenvalue weighted by Crippen LogP contribution is 2.40. The first kappa shape index (κ1) is 12.6. The molecule has 0 saturated heterocycles. The van der Waals surface area contributed by atoms with Gasteiger partial charge in [0.15, 0.2) is 11.5 Å². The molecule has 0 unspecified atom stereocenters. The third kappa shape index (κ3) is 2.58. The van der Waals surface area contributed by atoms with Gasteiger partial charge in [0.05, 0.1) is 26.9 Å². The van der Waals surface area contributed by atoms with Gasteiger partial charge in [-0.15, -0.1) is 0 Å². The maximum Gasteiger partial charge on any atom is 0.203 e. The second-order valence-corrected chi connectivity index (χ2v) is 3.61. The molecule has 0 amide bonds. The summed E-state index contributed by atoms with van der Waals surface area (Å²) in [5.74, 6) is 1.65. The van der Waals surface area contributed by atoms with Crippen LogP contribution in [0.1, 0.15) is 19.4 Å². The molecule has 0 aliphatic carbocycles. The molecule has 0 atom stereocenters. The van der Waals surface area contributed by atoms with Crippen molar-refractivity contribution in [1.29, 1.82) is 0 Å². The van der Waals surface area contributed by atoms with Crippen LogP contribution in [-0.4, -0.2) is 25.4 Å². The summed E-state index contributed by atoms with van der Waals surface area (Å²) in [4.78, 5) is 0. The van der Waals surface area contributed by atoms with Crippen molar-refractivity contribution < 1.29 is 19.3 Å². The SMILES string of the molecule is COc1ccc(CO)c(OC(C)C)c1OC. The van der Waals surface area contributed by atoms with Gasteiger partial charge in [-0.3, -0.25) is 0 Å². The zero-order chi connectivity index (χ0) is 12.1. The maximum absolute atomic E-state index is 9.24. The molecule has 0 aliphatic rings. The number of rotatable bonds is 5. The topological polar surface area (TPSA) is 47.9 Å². The number of benzene rings is 1. The molecule has 0 saturated carbocycles. The quantitative estimate of drug-likeness (QED) is 0.834. The van der Waals surface area contributed by atoms with E-state index < -0.39 is 0 Å². The van der Waals surface area contributed by atoms with Gasteiger partial charge in [-0.25, -0.2) is 0 Å². The molecule has 1 rings (SSSR count). The molecule has 1 N–H and O–H groups in total. The molecule has 0 bridgehead atoms. The summed E-state index contributed by atoms with van der Waals surface area (Å²) in [5, 5.41) is 9.24. The van der Waals surface area contributed by atoms with Crippen molar-refractivity contribution in [2.75, 3.05) is 14.2 Å². The van der Waals surface area contributed by atoms with Gasteiger partial charge in [-0.1, -0.05) is 0 Å². The fraction of sp³-hybridized carbons (Fsp3) is 0.500. The molecule has 0 fully saturated rings. The molecule has 0 spiro atoms. The summed E-state index contributed by atoms with van der Waals surface area (Å²) in [7, 11) is 3.11. The van der Waals surface area contributed by atoms with E-state index in [9.17, 15) is 5.11 Å². The van der Waals surface area contributed by atoms with Crippen molar-refractivity contribution in [2.45, 2.75) is 26.6 Å². The van der Waals surface area contributed by atoms with E-state index in [1.165, 1.54) is 0 Å². The van der Waals surface area contributed by atoms with Crippen molar-refractivity contribution >= 4 is 0 Å². The average molecular weight is 226 g/mol.